The molecule has 5 aliphatic rings. The van der Waals surface area contributed by atoms with Gasteiger partial charge in [0.2, 0.25) is 0 Å². The molecule has 1 nitrogen and oxygen atoms in total. The van der Waals surface area contributed by atoms with Gasteiger partial charge in [-0.25, -0.2) is 0 Å². The minimum atomic E-state index is 0.508. The lowest BCUT2D eigenvalue weighted by Gasteiger charge is -2.57. The van der Waals surface area contributed by atoms with Crippen LogP contribution in [0, 0.1) is 17.8 Å². The zero-order chi connectivity index (χ0) is 13.9. The van der Waals surface area contributed by atoms with Crippen LogP contribution in [-0.2, 0) is 19.4 Å². The average molecular weight is 281 g/mol. The van der Waals surface area contributed by atoms with Crippen molar-refractivity contribution in [3.05, 3.63) is 34.9 Å². The van der Waals surface area contributed by atoms with E-state index in [1.54, 1.807) is 30.4 Å². The molecular formula is C20H27N. The lowest BCUT2D eigenvalue weighted by molar-refractivity contribution is -0.0206. The van der Waals surface area contributed by atoms with Gasteiger partial charge in [-0.15, -0.1) is 0 Å². The molecule has 0 aromatic heterocycles. The van der Waals surface area contributed by atoms with Crippen molar-refractivity contribution in [2.45, 2.75) is 69.9 Å². The monoisotopic (exact) mass is 281 g/mol. The van der Waals surface area contributed by atoms with Crippen LogP contribution in [0.15, 0.2) is 18.2 Å². The maximum absolute atomic E-state index is 4.03. The molecule has 0 atom stereocenters. The Morgan fingerprint density at radius 2 is 1.57 bits per heavy atom. The first-order chi connectivity index (χ1) is 10.3. The number of benzene rings is 1. The van der Waals surface area contributed by atoms with Crippen LogP contribution in [0.3, 0.4) is 0 Å². The standard InChI is InChI=1S/C20H27N/c1-2-18-5-4-14(9-19(18)3-1)13-21-20-10-15-6-16(11-20)8-17(7-15)12-20/h4-5,9,15-17,21H,1-3,6-8,10-13H2. The molecule has 1 aromatic carbocycles. The Kier molecular flexibility index (Phi) is 2.77. The summed E-state index contributed by atoms with van der Waals surface area (Å²) >= 11 is 0. The van der Waals surface area contributed by atoms with Crippen LogP contribution >= 0.6 is 0 Å². The molecule has 0 spiro atoms. The quantitative estimate of drug-likeness (QED) is 0.874. The average Bonchev–Trinajstić information content (AvgIpc) is 2.91. The second-order valence-corrected chi connectivity index (χ2v) is 8.51. The van der Waals surface area contributed by atoms with Gasteiger partial charge in [-0.3, -0.25) is 0 Å². The molecule has 21 heavy (non-hydrogen) atoms. The summed E-state index contributed by atoms with van der Waals surface area (Å²) in [7, 11) is 0. The van der Waals surface area contributed by atoms with Crippen molar-refractivity contribution in [3.8, 4) is 0 Å². The number of aryl methyl sites for hydroxylation is 2. The fourth-order valence-corrected chi connectivity index (χ4v) is 6.35. The molecule has 6 rings (SSSR count). The molecule has 0 aliphatic heterocycles. The molecular weight excluding hydrogens is 254 g/mol. The molecule has 1 heteroatoms. The molecule has 0 heterocycles. The van der Waals surface area contributed by atoms with Crippen molar-refractivity contribution in [1.82, 2.24) is 5.32 Å². The van der Waals surface area contributed by atoms with E-state index in [0.29, 0.717) is 5.54 Å². The number of hydrogen-bond acceptors (Lipinski definition) is 1. The zero-order valence-corrected chi connectivity index (χ0v) is 13.0. The summed E-state index contributed by atoms with van der Waals surface area (Å²) in [4.78, 5) is 0. The van der Waals surface area contributed by atoms with E-state index in [1.165, 1.54) is 44.1 Å². The lowest BCUT2D eigenvalue weighted by Crippen LogP contribution is -2.58. The maximum Gasteiger partial charge on any atom is 0.0210 e. The first-order valence-electron chi connectivity index (χ1n) is 9.14. The summed E-state index contributed by atoms with van der Waals surface area (Å²) in [6, 6.07) is 7.24. The van der Waals surface area contributed by atoms with Gasteiger partial charge >= 0.3 is 0 Å². The van der Waals surface area contributed by atoms with Crippen molar-refractivity contribution in [2.75, 3.05) is 0 Å². The number of nitrogens with one attached hydrogen (secondary N) is 1. The largest absolute Gasteiger partial charge is 0.307 e. The van der Waals surface area contributed by atoms with Crippen LogP contribution in [-0.4, -0.2) is 5.54 Å². The maximum atomic E-state index is 4.03. The first-order valence-corrected chi connectivity index (χ1v) is 9.14. The molecule has 1 aromatic rings. The van der Waals surface area contributed by atoms with Crippen LogP contribution in [0.4, 0.5) is 0 Å². The summed E-state index contributed by atoms with van der Waals surface area (Å²) in [6.07, 6.45) is 13.0. The summed E-state index contributed by atoms with van der Waals surface area (Å²) in [5.74, 6) is 3.14. The second kappa shape index (κ2) is 4.59. The van der Waals surface area contributed by atoms with Gasteiger partial charge < -0.3 is 5.32 Å². The van der Waals surface area contributed by atoms with Crippen molar-refractivity contribution >= 4 is 0 Å². The predicted molar refractivity (Wildman–Crippen MR) is 86.2 cm³/mol. The van der Waals surface area contributed by atoms with Gasteiger partial charge in [-0.1, -0.05) is 18.2 Å². The van der Waals surface area contributed by atoms with Crippen LogP contribution in [0.1, 0.15) is 61.6 Å². The lowest BCUT2D eigenvalue weighted by atomic mass is 9.53. The van der Waals surface area contributed by atoms with Gasteiger partial charge in [0.25, 0.3) is 0 Å². The van der Waals surface area contributed by atoms with Crippen molar-refractivity contribution < 1.29 is 0 Å². The Balaban J connectivity index is 1.32. The predicted octanol–water partition coefficient (Wildman–Crippen LogP) is 4.23. The third-order valence-electron chi connectivity index (χ3n) is 6.87. The highest BCUT2D eigenvalue weighted by Gasteiger charge is 2.50. The summed E-state index contributed by atoms with van der Waals surface area (Å²) in [5.41, 5.74) is 5.26. The SMILES string of the molecule is c1cc2c(cc1CNC13CC4CC(CC(C4)C1)C3)CCC2. The third kappa shape index (κ3) is 2.16. The van der Waals surface area contributed by atoms with E-state index >= 15 is 0 Å². The Hall–Kier alpha value is -0.820. The van der Waals surface area contributed by atoms with Crippen LogP contribution in [0.5, 0.6) is 0 Å². The zero-order valence-electron chi connectivity index (χ0n) is 13.0. The number of fused-ring (bicyclic) bond motifs is 1. The van der Waals surface area contributed by atoms with E-state index in [9.17, 15) is 0 Å². The smallest absolute Gasteiger partial charge is 0.0210 e. The van der Waals surface area contributed by atoms with Crippen LogP contribution < -0.4 is 5.32 Å². The molecule has 4 bridgehead atoms. The molecule has 0 radical (unpaired) electrons. The molecule has 0 amide bonds. The fraction of sp³-hybridized carbons (Fsp3) is 0.700. The van der Waals surface area contributed by atoms with E-state index in [4.69, 9.17) is 0 Å². The highest BCUT2D eigenvalue weighted by Crippen LogP contribution is 2.55. The van der Waals surface area contributed by atoms with Gasteiger partial charge in [0.1, 0.15) is 0 Å². The van der Waals surface area contributed by atoms with Gasteiger partial charge in [0, 0.05) is 12.1 Å². The van der Waals surface area contributed by atoms with Crippen molar-refractivity contribution in [2.24, 2.45) is 17.8 Å². The Morgan fingerprint density at radius 1 is 0.905 bits per heavy atom. The molecule has 4 fully saturated rings. The molecule has 1 N–H and O–H groups in total. The Labute approximate surface area is 128 Å². The van der Waals surface area contributed by atoms with Crippen LogP contribution in [0.2, 0.25) is 0 Å². The van der Waals surface area contributed by atoms with E-state index < -0.39 is 0 Å². The van der Waals surface area contributed by atoms with Crippen molar-refractivity contribution in [1.29, 1.82) is 0 Å². The number of hydrogen-bond donors (Lipinski definition) is 1. The Morgan fingerprint density at radius 3 is 2.29 bits per heavy atom. The summed E-state index contributed by atoms with van der Waals surface area (Å²) in [5, 5.41) is 4.03. The molecule has 0 unspecified atom stereocenters. The van der Waals surface area contributed by atoms with E-state index in [-0.39, 0.29) is 0 Å². The number of rotatable bonds is 3. The first kappa shape index (κ1) is 12.7. The minimum absolute atomic E-state index is 0.508. The summed E-state index contributed by atoms with van der Waals surface area (Å²) < 4.78 is 0. The van der Waals surface area contributed by atoms with E-state index in [1.807, 2.05) is 0 Å². The molecule has 5 aliphatic carbocycles. The van der Waals surface area contributed by atoms with Crippen LogP contribution in [0.25, 0.3) is 0 Å². The normalized spacial score (nSPS) is 39.7. The minimum Gasteiger partial charge on any atom is -0.307 e. The third-order valence-corrected chi connectivity index (χ3v) is 6.87. The highest BCUT2D eigenvalue weighted by atomic mass is 15.0. The Bertz CT molecular complexity index is 524. The highest BCUT2D eigenvalue weighted by molar-refractivity contribution is 5.35. The van der Waals surface area contributed by atoms with Crippen molar-refractivity contribution in [3.63, 3.8) is 0 Å². The van der Waals surface area contributed by atoms with E-state index in [2.05, 4.69) is 23.5 Å². The molecule has 112 valence electrons. The second-order valence-electron chi connectivity index (χ2n) is 8.51. The van der Waals surface area contributed by atoms with Gasteiger partial charge in [0.15, 0.2) is 0 Å². The van der Waals surface area contributed by atoms with Gasteiger partial charge in [-0.2, -0.15) is 0 Å². The van der Waals surface area contributed by atoms with E-state index in [0.717, 1.165) is 24.3 Å². The van der Waals surface area contributed by atoms with Gasteiger partial charge in [-0.05, 0) is 92.2 Å². The fourth-order valence-electron chi connectivity index (χ4n) is 6.35. The van der Waals surface area contributed by atoms with Gasteiger partial charge in [0.05, 0.1) is 0 Å². The molecule has 0 saturated heterocycles. The topological polar surface area (TPSA) is 12.0 Å². The molecule has 4 saturated carbocycles. The summed E-state index contributed by atoms with van der Waals surface area (Å²) in [6.45, 7) is 1.10.